The molecule has 2 aliphatic heterocycles. The maximum atomic E-state index is 5.49. The Morgan fingerprint density at radius 2 is 2.24 bits per heavy atom. The van der Waals surface area contributed by atoms with Gasteiger partial charge in [0.25, 0.3) is 0 Å². The lowest BCUT2D eigenvalue weighted by Gasteiger charge is -2.24. The Labute approximate surface area is 132 Å². The smallest absolute Gasteiger partial charge is 0.231 e. The van der Waals surface area contributed by atoms with E-state index in [1.807, 2.05) is 7.05 Å². The quantitative estimate of drug-likeness (QED) is 0.901. The number of likely N-dealkylation sites (N-methyl/N-ethyl adjacent to an activating group) is 1. The number of benzene rings is 1. The van der Waals surface area contributed by atoms with Crippen molar-refractivity contribution >= 4 is 12.4 Å². The lowest BCUT2D eigenvalue weighted by Crippen LogP contribution is -2.36. The van der Waals surface area contributed by atoms with E-state index in [9.17, 15) is 0 Å². The van der Waals surface area contributed by atoms with Gasteiger partial charge >= 0.3 is 0 Å². The minimum Gasteiger partial charge on any atom is -0.493 e. The molecule has 118 valence electrons. The molecule has 1 aromatic carbocycles. The number of fused-ring (bicyclic) bond motifs is 1. The second kappa shape index (κ2) is 7.20. The summed E-state index contributed by atoms with van der Waals surface area (Å²) in [6, 6.07) is 4.75. The molecule has 0 spiro atoms. The van der Waals surface area contributed by atoms with Gasteiger partial charge in [-0.2, -0.15) is 0 Å². The summed E-state index contributed by atoms with van der Waals surface area (Å²) in [6.45, 7) is 3.41. The number of ether oxygens (including phenoxy) is 3. The van der Waals surface area contributed by atoms with Gasteiger partial charge in [-0.3, -0.25) is 4.90 Å². The predicted molar refractivity (Wildman–Crippen MR) is 83.7 cm³/mol. The van der Waals surface area contributed by atoms with E-state index < -0.39 is 0 Å². The number of hydrogen-bond donors (Lipinski definition) is 1. The molecule has 1 fully saturated rings. The zero-order chi connectivity index (χ0) is 13.9. The van der Waals surface area contributed by atoms with Crippen LogP contribution in [0.1, 0.15) is 18.4 Å². The van der Waals surface area contributed by atoms with Gasteiger partial charge in [-0.1, -0.05) is 0 Å². The Morgan fingerprint density at radius 1 is 1.38 bits per heavy atom. The zero-order valence-electron chi connectivity index (χ0n) is 12.6. The standard InChI is InChI=1S/C15H22N2O3.ClH/c1-16-8-12-4-3-5-17(12)9-11-6-13(18-2)15-14(7-11)19-10-20-15;/h6-7,12,16H,3-5,8-10H2,1-2H3;1H. The van der Waals surface area contributed by atoms with Crippen molar-refractivity contribution in [3.05, 3.63) is 17.7 Å². The third-order valence-corrected chi connectivity index (χ3v) is 4.04. The van der Waals surface area contributed by atoms with E-state index in [2.05, 4.69) is 22.3 Å². The van der Waals surface area contributed by atoms with Crippen LogP contribution in [0, 0.1) is 0 Å². The average molecular weight is 315 g/mol. The molecule has 6 heteroatoms. The van der Waals surface area contributed by atoms with Crippen molar-refractivity contribution in [1.82, 2.24) is 10.2 Å². The van der Waals surface area contributed by atoms with Crippen LogP contribution in [0.4, 0.5) is 0 Å². The first kappa shape index (κ1) is 16.2. The number of likely N-dealkylation sites (tertiary alicyclic amines) is 1. The summed E-state index contributed by atoms with van der Waals surface area (Å²) in [5, 5.41) is 3.28. The Bertz CT molecular complexity index is 484. The van der Waals surface area contributed by atoms with Crippen LogP contribution < -0.4 is 19.5 Å². The van der Waals surface area contributed by atoms with E-state index in [4.69, 9.17) is 14.2 Å². The normalized spacial score (nSPS) is 20.4. The predicted octanol–water partition coefficient (Wildman–Crippen LogP) is 2.03. The van der Waals surface area contributed by atoms with Gasteiger partial charge in [-0.05, 0) is 44.1 Å². The lowest BCUT2D eigenvalue weighted by molar-refractivity contribution is 0.171. The van der Waals surface area contributed by atoms with Crippen molar-refractivity contribution in [1.29, 1.82) is 0 Å². The number of halogens is 1. The third kappa shape index (κ3) is 3.36. The van der Waals surface area contributed by atoms with E-state index in [1.54, 1.807) is 7.11 Å². The largest absolute Gasteiger partial charge is 0.493 e. The molecule has 3 rings (SSSR count). The van der Waals surface area contributed by atoms with Gasteiger partial charge in [-0.15, -0.1) is 12.4 Å². The summed E-state index contributed by atoms with van der Waals surface area (Å²) >= 11 is 0. The number of rotatable bonds is 5. The molecule has 1 saturated heterocycles. The first-order chi connectivity index (χ1) is 9.81. The molecule has 0 saturated carbocycles. The topological polar surface area (TPSA) is 43.0 Å². The van der Waals surface area contributed by atoms with Gasteiger partial charge in [0.15, 0.2) is 11.5 Å². The van der Waals surface area contributed by atoms with Crippen LogP contribution >= 0.6 is 12.4 Å². The van der Waals surface area contributed by atoms with Crippen molar-refractivity contribution in [3.8, 4) is 17.2 Å². The monoisotopic (exact) mass is 314 g/mol. The third-order valence-electron chi connectivity index (χ3n) is 4.04. The van der Waals surface area contributed by atoms with Crippen LogP contribution in [-0.4, -0.2) is 45.0 Å². The minimum atomic E-state index is 0. The molecule has 2 heterocycles. The van der Waals surface area contributed by atoms with Crippen LogP contribution in [-0.2, 0) is 6.54 Å². The fraction of sp³-hybridized carbons (Fsp3) is 0.600. The van der Waals surface area contributed by atoms with Crippen LogP contribution in [0.5, 0.6) is 17.2 Å². The molecule has 0 radical (unpaired) electrons. The van der Waals surface area contributed by atoms with Crippen molar-refractivity contribution in [2.75, 3.05) is 34.0 Å². The minimum absolute atomic E-state index is 0. The second-order valence-corrected chi connectivity index (χ2v) is 5.36. The molecule has 1 unspecified atom stereocenters. The highest BCUT2D eigenvalue weighted by molar-refractivity contribution is 5.85. The molecule has 21 heavy (non-hydrogen) atoms. The molecule has 5 nitrogen and oxygen atoms in total. The van der Waals surface area contributed by atoms with Gasteiger partial charge in [0.2, 0.25) is 12.5 Å². The summed E-state index contributed by atoms with van der Waals surface area (Å²) in [5.41, 5.74) is 1.22. The van der Waals surface area contributed by atoms with Gasteiger partial charge in [0.05, 0.1) is 7.11 Å². The molecule has 0 amide bonds. The highest BCUT2D eigenvalue weighted by Crippen LogP contribution is 2.42. The van der Waals surface area contributed by atoms with Crippen molar-refractivity contribution in [2.45, 2.75) is 25.4 Å². The molecular weight excluding hydrogens is 292 g/mol. The van der Waals surface area contributed by atoms with E-state index in [0.717, 1.165) is 36.9 Å². The molecule has 0 aliphatic carbocycles. The van der Waals surface area contributed by atoms with E-state index >= 15 is 0 Å². The van der Waals surface area contributed by atoms with Crippen molar-refractivity contribution < 1.29 is 14.2 Å². The molecule has 0 aromatic heterocycles. The Kier molecular flexibility index (Phi) is 5.56. The van der Waals surface area contributed by atoms with E-state index in [0.29, 0.717) is 6.04 Å². The van der Waals surface area contributed by atoms with Gasteiger partial charge in [-0.25, -0.2) is 0 Å². The van der Waals surface area contributed by atoms with Crippen LogP contribution in [0.15, 0.2) is 12.1 Å². The maximum absolute atomic E-state index is 5.49. The maximum Gasteiger partial charge on any atom is 0.231 e. The highest BCUT2D eigenvalue weighted by Gasteiger charge is 2.26. The molecule has 1 atom stereocenters. The van der Waals surface area contributed by atoms with Crippen LogP contribution in [0.25, 0.3) is 0 Å². The van der Waals surface area contributed by atoms with Gasteiger partial charge in [0, 0.05) is 19.1 Å². The summed E-state index contributed by atoms with van der Waals surface area (Å²) in [5.74, 6) is 2.28. The first-order valence-corrected chi connectivity index (χ1v) is 7.17. The number of hydrogen-bond acceptors (Lipinski definition) is 5. The van der Waals surface area contributed by atoms with Crippen LogP contribution in [0.3, 0.4) is 0 Å². The van der Waals surface area contributed by atoms with E-state index in [-0.39, 0.29) is 19.2 Å². The molecule has 2 aliphatic rings. The SMILES string of the molecule is CNCC1CCCN1Cc1cc(OC)c2c(c1)OCO2.Cl. The summed E-state index contributed by atoms with van der Waals surface area (Å²) < 4.78 is 16.3. The number of methoxy groups -OCH3 is 1. The summed E-state index contributed by atoms with van der Waals surface area (Å²) in [6.07, 6.45) is 2.54. The number of nitrogens with one attached hydrogen (secondary N) is 1. The highest BCUT2D eigenvalue weighted by atomic mass is 35.5. The molecule has 1 N–H and O–H groups in total. The van der Waals surface area contributed by atoms with Gasteiger partial charge in [0.1, 0.15) is 0 Å². The first-order valence-electron chi connectivity index (χ1n) is 7.17. The fourth-order valence-corrected chi connectivity index (χ4v) is 3.08. The fourth-order valence-electron chi connectivity index (χ4n) is 3.08. The van der Waals surface area contributed by atoms with Gasteiger partial charge < -0.3 is 19.5 Å². The average Bonchev–Trinajstić information content (AvgIpc) is 3.08. The Balaban J connectivity index is 0.00000161. The second-order valence-electron chi connectivity index (χ2n) is 5.36. The summed E-state index contributed by atoms with van der Waals surface area (Å²) in [7, 11) is 3.68. The molecule has 0 bridgehead atoms. The number of nitrogens with zero attached hydrogens (tertiary/aromatic N) is 1. The Hall–Kier alpha value is -1.17. The molecular formula is C15H23ClN2O3. The lowest BCUT2D eigenvalue weighted by atomic mass is 10.1. The summed E-state index contributed by atoms with van der Waals surface area (Å²) in [4.78, 5) is 2.52. The zero-order valence-corrected chi connectivity index (χ0v) is 13.4. The Morgan fingerprint density at radius 3 is 3.00 bits per heavy atom. The van der Waals surface area contributed by atoms with Crippen LogP contribution in [0.2, 0.25) is 0 Å². The van der Waals surface area contributed by atoms with Crippen molar-refractivity contribution in [2.24, 2.45) is 0 Å². The van der Waals surface area contributed by atoms with Crippen molar-refractivity contribution in [3.63, 3.8) is 0 Å². The molecule has 1 aromatic rings. The van der Waals surface area contributed by atoms with E-state index in [1.165, 1.54) is 18.4 Å².